The highest BCUT2D eigenvalue weighted by molar-refractivity contribution is 7.78. The highest BCUT2D eigenvalue weighted by Crippen LogP contribution is 2.20. The molecule has 0 aliphatic carbocycles. The van der Waals surface area contributed by atoms with E-state index in [9.17, 15) is 4.39 Å². The average molecular weight is 285 g/mol. The van der Waals surface area contributed by atoms with Crippen LogP contribution in [0.4, 0.5) is 10.1 Å². The van der Waals surface area contributed by atoms with E-state index < -0.39 is 5.82 Å². The van der Waals surface area contributed by atoms with Gasteiger partial charge in [0.1, 0.15) is 17.3 Å². The standard InChI is InChI=1S/C16H12FNOS/c1-19-14-7-4-12(5-8-14)2-3-13-6-9-16(18-11-20)15(17)10-13/h2-10H,1H3. The Balaban J connectivity index is 2.18. The maximum Gasteiger partial charge on any atom is 0.150 e. The van der Waals surface area contributed by atoms with E-state index in [1.165, 1.54) is 6.07 Å². The van der Waals surface area contributed by atoms with Crippen molar-refractivity contribution in [3.63, 3.8) is 0 Å². The molecule has 0 aromatic heterocycles. The Morgan fingerprint density at radius 1 is 1.10 bits per heavy atom. The highest BCUT2D eigenvalue weighted by atomic mass is 32.1. The molecule has 2 rings (SSSR count). The Kier molecular flexibility index (Phi) is 4.77. The Labute approximate surface area is 122 Å². The first kappa shape index (κ1) is 14.1. The van der Waals surface area contributed by atoms with E-state index in [-0.39, 0.29) is 5.69 Å². The van der Waals surface area contributed by atoms with Crippen LogP contribution in [0.15, 0.2) is 47.5 Å². The van der Waals surface area contributed by atoms with Crippen LogP contribution in [0.3, 0.4) is 0 Å². The zero-order valence-electron chi connectivity index (χ0n) is 10.8. The van der Waals surface area contributed by atoms with Crippen molar-refractivity contribution in [1.29, 1.82) is 0 Å². The smallest absolute Gasteiger partial charge is 0.150 e. The minimum atomic E-state index is -0.417. The van der Waals surface area contributed by atoms with Gasteiger partial charge in [0.2, 0.25) is 0 Å². The van der Waals surface area contributed by atoms with Crippen molar-refractivity contribution in [1.82, 2.24) is 0 Å². The summed E-state index contributed by atoms with van der Waals surface area (Å²) in [7, 11) is 1.62. The third kappa shape index (κ3) is 3.60. The normalized spacial score (nSPS) is 10.3. The van der Waals surface area contributed by atoms with Crippen molar-refractivity contribution >= 4 is 35.2 Å². The van der Waals surface area contributed by atoms with Gasteiger partial charge in [-0.1, -0.05) is 30.4 Å². The van der Waals surface area contributed by atoms with Crippen LogP contribution >= 0.6 is 12.2 Å². The van der Waals surface area contributed by atoms with E-state index in [4.69, 9.17) is 4.74 Å². The number of ether oxygens (including phenoxy) is 1. The Hall–Kier alpha value is -2.29. The number of benzene rings is 2. The molecule has 0 N–H and O–H groups in total. The summed E-state index contributed by atoms with van der Waals surface area (Å²) in [6.45, 7) is 0. The second-order valence-electron chi connectivity index (χ2n) is 4.02. The number of hydrogen-bond acceptors (Lipinski definition) is 3. The SMILES string of the molecule is COc1ccc(C=Cc2ccc(N=C=S)c(F)c2)cc1. The van der Waals surface area contributed by atoms with Crippen LogP contribution in [0.5, 0.6) is 5.75 Å². The van der Waals surface area contributed by atoms with Gasteiger partial charge in [-0.2, -0.15) is 4.99 Å². The number of rotatable bonds is 4. The number of hydrogen-bond donors (Lipinski definition) is 0. The van der Waals surface area contributed by atoms with Gasteiger partial charge in [-0.15, -0.1) is 0 Å². The lowest BCUT2D eigenvalue weighted by atomic mass is 10.1. The first-order valence-corrected chi connectivity index (χ1v) is 6.33. The molecule has 0 unspecified atom stereocenters. The Morgan fingerprint density at radius 3 is 2.35 bits per heavy atom. The van der Waals surface area contributed by atoms with Crippen molar-refractivity contribution in [2.75, 3.05) is 7.11 Å². The number of thiocarbonyl (C=S) groups is 1. The quantitative estimate of drug-likeness (QED) is 0.460. The average Bonchev–Trinajstić information content (AvgIpc) is 2.48. The summed E-state index contributed by atoms with van der Waals surface area (Å²) >= 11 is 4.45. The van der Waals surface area contributed by atoms with E-state index >= 15 is 0 Å². The fourth-order valence-electron chi connectivity index (χ4n) is 1.67. The molecule has 100 valence electrons. The van der Waals surface area contributed by atoms with Crippen molar-refractivity contribution < 1.29 is 9.13 Å². The predicted octanol–water partition coefficient (Wildman–Crippen LogP) is 4.74. The molecule has 0 heterocycles. The van der Waals surface area contributed by atoms with Crippen LogP contribution in [-0.2, 0) is 0 Å². The van der Waals surface area contributed by atoms with Gasteiger partial charge < -0.3 is 4.74 Å². The van der Waals surface area contributed by atoms with Crippen molar-refractivity contribution in [2.45, 2.75) is 0 Å². The fourth-order valence-corrected chi connectivity index (χ4v) is 1.77. The van der Waals surface area contributed by atoms with Crippen LogP contribution in [0.2, 0.25) is 0 Å². The van der Waals surface area contributed by atoms with Crippen LogP contribution in [0, 0.1) is 5.82 Å². The molecule has 0 amide bonds. The molecule has 2 aromatic rings. The summed E-state index contributed by atoms with van der Waals surface area (Å²) in [6.07, 6.45) is 3.73. The summed E-state index contributed by atoms with van der Waals surface area (Å²) in [4.78, 5) is 3.64. The van der Waals surface area contributed by atoms with Crippen LogP contribution in [0.1, 0.15) is 11.1 Å². The Bertz CT molecular complexity index is 673. The third-order valence-corrected chi connectivity index (χ3v) is 2.81. The van der Waals surface area contributed by atoms with E-state index in [2.05, 4.69) is 22.4 Å². The lowest BCUT2D eigenvalue weighted by molar-refractivity contribution is 0.415. The summed E-state index contributed by atoms with van der Waals surface area (Å²) in [6, 6.07) is 12.4. The van der Waals surface area contributed by atoms with Gasteiger partial charge in [0.25, 0.3) is 0 Å². The topological polar surface area (TPSA) is 21.6 Å². The van der Waals surface area contributed by atoms with E-state index in [0.29, 0.717) is 0 Å². The summed E-state index contributed by atoms with van der Waals surface area (Å²) < 4.78 is 18.7. The zero-order chi connectivity index (χ0) is 14.4. The van der Waals surface area contributed by atoms with Crippen molar-refractivity contribution in [3.8, 4) is 5.75 Å². The fraction of sp³-hybridized carbons (Fsp3) is 0.0625. The van der Waals surface area contributed by atoms with Crippen molar-refractivity contribution in [3.05, 3.63) is 59.4 Å². The lowest BCUT2D eigenvalue weighted by Gasteiger charge is -2.00. The molecule has 0 radical (unpaired) electrons. The van der Waals surface area contributed by atoms with Gasteiger partial charge in [-0.05, 0) is 47.6 Å². The minimum Gasteiger partial charge on any atom is -0.497 e. The van der Waals surface area contributed by atoms with Crippen LogP contribution < -0.4 is 4.74 Å². The molecular weight excluding hydrogens is 273 g/mol. The summed E-state index contributed by atoms with van der Waals surface area (Å²) in [5.74, 6) is 0.384. The molecule has 4 heteroatoms. The molecular formula is C16H12FNOS. The molecule has 0 saturated carbocycles. The summed E-state index contributed by atoms with van der Waals surface area (Å²) in [5, 5.41) is 2.15. The van der Waals surface area contributed by atoms with Crippen LogP contribution in [-0.4, -0.2) is 12.3 Å². The molecule has 0 bridgehead atoms. The van der Waals surface area contributed by atoms with Crippen molar-refractivity contribution in [2.24, 2.45) is 4.99 Å². The highest BCUT2D eigenvalue weighted by Gasteiger charge is 2.00. The second kappa shape index (κ2) is 6.75. The molecule has 0 saturated heterocycles. The molecule has 0 fully saturated rings. The van der Waals surface area contributed by atoms with Gasteiger partial charge in [-0.3, -0.25) is 0 Å². The number of halogens is 1. The molecule has 0 atom stereocenters. The molecule has 20 heavy (non-hydrogen) atoms. The molecule has 0 spiro atoms. The number of isothiocyanates is 1. The second-order valence-corrected chi connectivity index (χ2v) is 4.20. The minimum absolute atomic E-state index is 0.196. The molecule has 2 aromatic carbocycles. The maximum absolute atomic E-state index is 13.6. The lowest BCUT2D eigenvalue weighted by Crippen LogP contribution is -1.81. The van der Waals surface area contributed by atoms with Gasteiger partial charge in [0, 0.05) is 0 Å². The monoisotopic (exact) mass is 285 g/mol. The number of methoxy groups -OCH3 is 1. The van der Waals surface area contributed by atoms with E-state index in [1.54, 1.807) is 19.2 Å². The van der Waals surface area contributed by atoms with E-state index in [0.717, 1.165) is 16.9 Å². The largest absolute Gasteiger partial charge is 0.497 e. The first-order chi connectivity index (χ1) is 9.72. The number of aliphatic imine (C=N–C) groups is 1. The summed E-state index contributed by atoms with van der Waals surface area (Å²) in [5.41, 5.74) is 1.95. The molecule has 0 aliphatic heterocycles. The van der Waals surface area contributed by atoms with Gasteiger partial charge in [0.15, 0.2) is 0 Å². The molecule has 2 nitrogen and oxygen atoms in total. The Morgan fingerprint density at radius 2 is 1.75 bits per heavy atom. The van der Waals surface area contributed by atoms with Crippen LogP contribution in [0.25, 0.3) is 12.2 Å². The molecule has 0 aliphatic rings. The van der Waals surface area contributed by atoms with Gasteiger partial charge in [0.05, 0.1) is 12.3 Å². The zero-order valence-corrected chi connectivity index (χ0v) is 11.7. The van der Waals surface area contributed by atoms with Gasteiger partial charge >= 0.3 is 0 Å². The predicted molar refractivity (Wildman–Crippen MR) is 83.0 cm³/mol. The first-order valence-electron chi connectivity index (χ1n) is 5.92. The third-order valence-electron chi connectivity index (χ3n) is 2.72. The van der Waals surface area contributed by atoms with E-state index in [1.807, 2.05) is 36.4 Å². The maximum atomic E-state index is 13.6. The van der Waals surface area contributed by atoms with Gasteiger partial charge in [-0.25, -0.2) is 4.39 Å². The number of nitrogens with zero attached hydrogens (tertiary/aromatic N) is 1.